The zero-order chi connectivity index (χ0) is 25.4. The predicted molar refractivity (Wildman–Crippen MR) is 121 cm³/mol. The maximum absolute atomic E-state index is 13.9. The summed E-state index contributed by atoms with van der Waals surface area (Å²) in [6.07, 6.45) is -1.94. The number of carbonyl (C=O) groups is 3. The van der Waals surface area contributed by atoms with Crippen LogP contribution in [0.4, 0.5) is 13.6 Å². The Morgan fingerprint density at radius 2 is 1.69 bits per heavy atom. The molecule has 1 saturated heterocycles. The van der Waals surface area contributed by atoms with E-state index in [1.54, 1.807) is 0 Å². The van der Waals surface area contributed by atoms with Crippen molar-refractivity contribution in [1.29, 1.82) is 0 Å². The van der Waals surface area contributed by atoms with Crippen LogP contribution in [0, 0.1) is 0 Å². The van der Waals surface area contributed by atoms with Crippen molar-refractivity contribution < 1.29 is 37.7 Å². The highest BCUT2D eigenvalue weighted by atomic mass is 19.3. The van der Waals surface area contributed by atoms with Gasteiger partial charge in [-0.15, -0.1) is 0 Å². The summed E-state index contributed by atoms with van der Waals surface area (Å²) < 4.78 is 38.4. The Labute approximate surface area is 200 Å². The van der Waals surface area contributed by atoms with Crippen molar-refractivity contribution in [3.05, 3.63) is 59.7 Å². The van der Waals surface area contributed by atoms with Gasteiger partial charge in [0.2, 0.25) is 0 Å². The molecule has 1 aliphatic carbocycles. The number of hydrogen-bond donors (Lipinski definition) is 2. The largest absolute Gasteiger partial charge is 0.480 e. The third kappa shape index (κ3) is 4.70. The van der Waals surface area contributed by atoms with Crippen molar-refractivity contribution in [3.8, 4) is 11.1 Å². The number of nitrogens with zero attached hydrogens (tertiary/aromatic N) is 1. The Bertz CT molecular complexity index is 1110. The molecule has 10 heteroatoms. The number of nitrogens with one attached hydrogen (secondary N) is 1. The molecular weight excluding hydrogens is 462 g/mol. The van der Waals surface area contributed by atoms with E-state index in [-0.39, 0.29) is 19.1 Å². The Hall–Kier alpha value is -3.53. The van der Waals surface area contributed by atoms with Crippen LogP contribution in [0.2, 0.25) is 0 Å². The van der Waals surface area contributed by atoms with Crippen LogP contribution in [0.3, 0.4) is 0 Å². The number of ether oxygens (including phenoxy) is 2. The standard InChI is InChI=1S/C25H26F2N2O6/c1-24(14-34-2,22(32)29-13-25(26,27)11-20(29)21(30)31)28-23(33)35-12-19-17-9-5-3-7-15(17)16-8-4-6-10-18(16)19/h3-10,19-20H,11-14H2,1-2H3,(H,28,33)(H,30,31)/t20-,24?/m1/s1. The fourth-order valence-corrected chi connectivity index (χ4v) is 4.87. The van der Waals surface area contributed by atoms with E-state index >= 15 is 0 Å². The van der Waals surface area contributed by atoms with E-state index in [4.69, 9.17) is 9.47 Å². The smallest absolute Gasteiger partial charge is 0.408 e. The van der Waals surface area contributed by atoms with Gasteiger partial charge in [-0.3, -0.25) is 4.79 Å². The minimum atomic E-state index is -3.35. The Morgan fingerprint density at radius 1 is 1.11 bits per heavy atom. The summed E-state index contributed by atoms with van der Waals surface area (Å²) in [7, 11) is 1.28. The molecule has 0 spiro atoms. The van der Waals surface area contributed by atoms with Crippen LogP contribution < -0.4 is 5.32 Å². The molecule has 0 saturated carbocycles. The lowest BCUT2D eigenvalue weighted by molar-refractivity contribution is -0.151. The van der Waals surface area contributed by atoms with Gasteiger partial charge in [0.05, 0.1) is 13.2 Å². The van der Waals surface area contributed by atoms with Crippen molar-refractivity contribution in [2.75, 3.05) is 26.9 Å². The van der Waals surface area contributed by atoms with Gasteiger partial charge in [-0.2, -0.15) is 0 Å². The quantitative estimate of drug-likeness (QED) is 0.620. The summed E-state index contributed by atoms with van der Waals surface area (Å²) in [4.78, 5) is 38.0. The van der Waals surface area contributed by atoms with E-state index in [2.05, 4.69) is 5.32 Å². The van der Waals surface area contributed by atoms with Crippen LogP contribution >= 0.6 is 0 Å². The van der Waals surface area contributed by atoms with E-state index in [1.807, 2.05) is 48.5 Å². The molecule has 0 radical (unpaired) electrons. The number of carboxylic acid groups (broad SMARTS) is 1. The van der Waals surface area contributed by atoms with Crippen LogP contribution in [-0.2, 0) is 19.1 Å². The molecule has 0 bridgehead atoms. The molecule has 1 aliphatic heterocycles. The Balaban J connectivity index is 1.49. The number of carbonyl (C=O) groups excluding carboxylic acids is 2. The summed E-state index contributed by atoms with van der Waals surface area (Å²) in [6.45, 7) is -0.162. The molecule has 4 rings (SSSR count). The van der Waals surface area contributed by atoms with Gasteiger partial charge in [0, 0.05) is 19.4 Å². The molecule has 2 aliphatic rings. The SMILES string of the molecule is COCC(C)(NC(=O)OCC1c2ccccc2-c2ccccc21)C(=O)N1CC(F)(F)C[C@@H]1C(=O)O. The molecule has 1 unspecified atom stereocenters. The van der Waals surface area contributed by atoms with E-state index in [9.17, 15) is 28.3 Å². The molecule has 1 heterocycles. The van der Waals surface area contributed by atoms with E-state index in [0.717, 1.165) is 22.3 Å². The third-order valence-corrected chi connectivity index (χ3v) is 6.44. The number of halogens is 2. The third-order valence-electron chi connectivity index (χ3n) is 6.44. The molecule has 35 heavy (non-hydrogen) atoms. The molecule has 2 N–H and O–H groups in total. The van der Waals surface area contributed by atoms with Crippen LogP contribution in [-0.4, -0.2) is 72.3 Å². The molecule has 2 atom stereocenters. The second-order valence-electron chi connectivity index (χ2n) is 9.06. The summed E-state index contributed by atoms with van der Waals surface area (Å²) in [6, 6.07) is 13.9. The first kappa shape index (κ1) is 24.6. The molecule has 1 fully saturated rings. The number of rotatable bonds is 7. The number of alkyl halides is 2. The Morgan fingerprint density at radius 3 is 2.23 bits per heavy atom. The second-order valence-corrected chi connectivity index (χ2v) is 9.06. The number of fused-ring (bicyclic) bond motifs is 3. The van der Waals surface area contributed by atoms with Crippen LogP contribution in [0.5, 0.6) is 0 Å². The fraction of sp³-hybridized carbons (Fsp3) is 0.400. The van der Waals surface area contributed by atoms with Crippen molar-refractivity contribution in [3.63, 3.8) is 0 Å². The number of hydrogen-bond acceptors (Lipinski definition) is 5. The van der Waals surface area contributed by atoms with E-state index in [1.165, 1.54) is 14.0 Å². The molecule has 8 nitrogen and oxygen atoms in total. The molecule has 2 aromatic carbocycles. The zero-order valence-corrected chi connectivity index (χ0v) is 19.3. The topological polar surface area (TPSA) is 105 Å². The Kier molecular flexibility index (Phi) is 6.50. The zero-order valence-electron chi connectivity index (χ0n) is 19.3. The maximum Gasteiger partial charge on any atom is 0.408 e. The first-order valence-corrected chi connectivity index (χ1v) is 11.1. The number of carboxylic acids is 1. The lowest BCUT2D eigenvalue weighted by Crippen LogP contribution is -2.62. The van der Waals surface area contributed by atoms with Gasteiger partial charge >= 0.3 is 12.1 Å². The second kappa shape index (κ2) is 9.26. The molecule has 186 valence electrons. The summed E-state index contributed by atoms with van der Waals surface area (Å²) >= 11 is 0. The van der Waals surface area contributed by atoms with Crippen molar-refractivity contribution >= 4 is 18.0 Å². The van der Waals surface area contributed by atoms with Crippen molar-refractivity contribution in [2.45, 2.75) is 36.8 Å². The van der Waals surface area contributed by atoms with Crippen LogP contribution in [0.25, 0.3) is 11.1 Å². The van der Waals surface area contributed by atoms with Gasteiger partial charge in [-0.05, 0) is 29.2 Å². The fourth-order valence-electron chi connectivity index (χ4n) is 4.87. The maximum atomic E-state index is 13.9. The summed E-state index contributed by atoms with van der Waals surface area (Å²) in [5.41, 5.74) is 2.28. The number of aliphatic carboxylic acids is 1. The average molecular weight is 488 g/mol. The first-order chi connectivity index (χ1) is 16.6. The summed E-state index contributed by atoms with van der Waals surface area (Å²) in [5, 5.41) is 11.8. The normalized spacial score (nSPS) is 20.0. The highest BCUT2D eigenvalue weighted by molar-refractivity contribution is 5.93. The first-order valence-electron chi connectivity index (χ1n) is 11.1. The minimum absolute atomic E-state index is 0.0172. The number of alkyl carbamates (subject to hydrolysis) is 1. The van der Waals surface area contributed by atoms with Gasteiger partial charge < -0.3 is 24.8 Å². The van der Waals surface area contributed by atoms with Gasteiger partial charge in [0.25, 0.3) is 11.8 Å². The molecule has 2 aromatic rings. The molecular formula is C25H26F2N2O6. The average Bonchev–Trinajstić information content (AvgIpc) is 3.31. The van der Waals surface area contributed by atoms with Crippen molar-refractivity contribution in [2.24, 2.45) is 0 Å². The van der Waals surface area contributed by atoms with Crippen LogP contribution in [0.15, 0.2) is 48.5 Å². The number of benzene rings is 2. The van der Waals surface area contributed by atoms with E-state index < -0.39 is 48.4 Å². The number of likely N-dealkylation sites (tertiary alicyclic amines) is 1. The number of amides is 2. The van der Waals surface area contributed by atoms with Gasteiger partial charge in [-0.25, -0.2) is 18.4 Å². The van der Waals surface area contributed by atoms with Gasteiger partial charge in [-0.1, -0.05) is 48.5 Å². The highest BCUT2D eigenvalue weighted by Crippen LogP contribution is 2.44. The number of methoxy groups -OCH3 is 1. The lowest BCUT2D eigenvalue weighted by atomic mass is 9.98. The minimum Gasteiger partial charge on any atom is -0.480 e. The molecule has 0 aromatic heterocycles. The lowest BCUT2D eigenvalue weighted by Gasteiger charge is -2.34. The van der Waals surface area contributed by atoms with Gasteiger partial charge in [0.15, 0.2) is 0 Å². The molecule has 2 amide bonds. The highest BCUT2D eigenvalue weighted by Gasteiger charge is 2.54. The summed E-state index contributed by atoms with van der Waals surface area (Å²) in [5.74, 6) is -6.10. The van der Waals surface area contributed by atoms with E-state index in [0.29, 0.717) is 4.90 Å². The monoisotopic (exact) mass is 488 g/mol. The van der Waals surface area contributed by atoms with Crippen LogP contribution in [0.1, 0.15) is 30.4 Å². The van der Waals surface area contributed by atoms with Gasteiger partial charge in [0.1, 0.15) is 18.2 Å². The van der Waals surface area contributed by atoms with Crippen molar-refractivity contribution in [1.82, 2.24) is 10.2 Å². The predicted octanol–water partition coefficient (Wildman–Crippen LogP) is 3.25.